The van der Waals surface area contributed by atoms with Crippen LogP contribution in [0.5, 0.6) is 0 Å². The smallest absolute Gasteiger partial charge is 0.251 e. The van der Waals surface area contributed by atoms with Crippen LogP contribution in [0.2, 0.25) is 0 Å². The van der Waals surface area contributed by atoms with E-state index in [0.717, 1.165) is 27.5 Å². The van der Waals surface area contributed by atoms with Crippen molar-refractivity contribution in [2.75, 3.05) is 11.9 Å². The number of aryl methyl sites for hydroxylation is 1. The lowest BCUT2D eigenvalue weighted by Crippen LogP contribution is -2.25. The molecule has 1 heterocycles. The number of carbonyl (C=O) groups is 2. The van der Waals surface area contributed by atoms with Gasteiger partial charge in [-0.05, 0) is 31.2 Å². The average molecular weight is 379 g/mol. The Morgan fingerprint density at radius 1 is 1.11 bits per heavy atom. The summed E-state index contributed by atoms with van der Waals surface area (Å²) in [6.45, 7) is 3.98. The zero-order valence-corrected chi connectivity index (χ0v) is 16.1. The fraction of sp³-hybridized carbons (Fsp3) is 0.190. The van der Waals surface area contributed by atoms with Gasteiger partial charge in [-0.3, -0.25) is 9.59 Å². The highest BCUT2D eigenvalue weighted by Gasteiger charge is 2.08. The van der Waals surface area contributed by atoms with Crippen molar-refractivity contribution in [3.05, 3.63) is 70.7 Å². The van der Waals surface area contributed by atoms with Crippen LogP contribution in [0, 0.1) is 6.92 Å². The van der Waals surface area contributed by atoms with Crippen LogP contribution in [0.3, 0.4) is 0 Å². The quantitative estimate of drug-likeness (QED) is 0.679. The summed E-state index contributed by atoms with van der Waals surface area (Å²) in [6, 6.07) is 15.1. The molecular weight excluding hydrogens is 358 g/mol. The topological polar surface area (TPSA) is 71.1 Å². The van der Waals surface area contributed by atoms with Gasteiger partial charge in [-0.1, -0.05) is 29.8 Å². The van der Waals surface area contributed by atoms with Crippen molar-refractivity contribution in [3.8, 4) is 10.6 Å². The lowest BCUT2D eigenvalue weighted by Gasteiger charge is -2.05. The second kappa shape index (κ2) is 8.60. The maximum Gasteiger partial charge on any atom is 0.251 e. The number of hydrogen-bond acceptors (Lipinski definition) is 4. The van der Waals surface area contributed by atoms with E-state index < -0.39 is 0 Å². The van der Waals surface area contributed by atoms with Crippen molar-refractivity contribution in [2.24, 2.45) is 0 Å². The maximum atomic E-state index is 12.2. The van der Waals surface area contributed by atoms with E-state index in [4.69, 9.17) is 0 Å². The molecule has 138 valence electrons. The minimum absolute atomic E-state index is 0.0721. The number of carbonyl (C=O) groups excluding carboxylic acids is 2. The number of aromatic nitrogens is 1. The number of benzene rings is 2. The van der Waals surface area contributed by atoms with E-state index in [1.807, 2.05) is 60.8 Å². The highest BCUT2D eigenvalue weighted by Crippen LogP contribution is 2.26. The Bertz CT molecular complexity index is 965. The maximum absolute atomic E-state index is 12.2. The van der Waals surface area contributed by atoms with Crippen LogP contribution in [-0.2, 0) is 11.2 Å². The molecule has 0 aliphatic rings. The predicted molar refractivity (Wildman–Crippen MR) is 109 cm³/mol. The molecule has 0 fully saturated rings. The summed E-state index contributed by atoms with van der Waals surface area (Å²) >= 11 is 1.55. The Labute approximate surface area is 162 Å². The molecule has 0 aliphatic heterocycles. The molecule has 0 saturated carbocycles. The minimum Gasteiger partial charge on any atom is -0.352 e. The molecule has 0 saturated heterocycles. The number of nitrogens with zero attached hydrogens (tertiary/aromatic N) is 1. The molecule has 2 N–H and O–H groups in total. The summed E-state index contributed by atoms with van der Waals surface area (Å²) in [5, 5.41) is 8.60. The van der Waals surface area contributed by atoms with E-state index >= 15 is 0 Å². The molecule has 0 spiro atoms. The number of amides is 2. The Morgan fingerprint density at radius 3 is 2.70 bits per heavy atom. The lowest BCUT2D eigenvalue weighted by atomic mass is 10.1. The molecule has 0 atom stereocenters. The molecule has 0 aliphatic carbocycles. The standard InChI is InChI=1S/C21H21N3O2S/c1-14-5-3-6-16(11-14)20(26)22-10-9-19-13-27-21(24-19)17-7-4-8-18(12-17)23-15(2)25/h3-8,11-13H,9-10H2,1-2H3,(H,22,26)(H,23,25). The second-order valence-electron chi connectivity index (χ2n) is 6.28. The molecule has 3 rings (SSSR count). The number of nitrogens with one attached hydrogen (secondary N) is 2. The van der Waals surface area contributed by atoms with Crippen molar-refractivity contribution in [3.63, 3.8) is 0 Å². The zero-order chi connectivity index (χ0) is 19.2. The van der Waals surface area contributed by atoms with Crippen LogP contribution >= 0.6 is 11.3 Å². The molecule has 2 amide bonds. The number of rotatable bonds is 6. The van der Waals surface area contributed by atoms with Crippen molar-refractivity contribution in [2.45, 2.75) is 20.3 Å². The fourth-order valence-corrected chi connectivity index (χ4v) is 3.53. The van der Waals surface area contributed by atoms with Gasteiger partial charge in [-0.25, -0.2) is 4.98 Å². The predicted octanol–water partition coefficient (Wildman–Crippen LogP) is 4.05. The number of thiazole rings is 1. The monoisotopic (exact) mass is 379 g/mol. The molecule has 5 nitrogen and oxygen atoms in total. The van der Waals surface area contributed by atoms with E-state index in [2.05, 4.69) is 15.6 Å². The summed E-state index contributed by atoms with van der Waals surface area (Å²) in [5.74, 6) is -0.173. The first-order valence-corrected chi connectivity index (χ1v) is 9.56. The molecule has 27 heavy (non-hydrogen) atoms. The molecule has 0 bridgehead atoms. The first kappa shape index (κ1) is 18.8. The van der Waals surface area contributed by atoms with Crippen molar-refractivity contribution in [1.82, 2.24) is 10.3 Å². The van der Waals surface area contributed by atoms with Crippen LogP contribution < -0.4 is 10.6 Å². The molecule has 6 heteroatoms. The number of hydrogen-bond donors (Lipinski definition) is 2. The van der Waals surface area contributed by atoms with Gasteiger partial charge in [-0.2, -0.15) is 0 Å². The van der Waals surface area contributed by atoms with E-state index in [1.165, 1.54) is 6.92 Å². The van der Waals surface area contributed by atoms with Gasteiger partial charge in [0.1, 0.15) is 5.01 Å². The third-order valence-electron chi connectivity index (χ3n) is 3.93. The highest BCUT2D eigenvalue weighted by molar-refractivity contribution is 7.13. The molecule has 3 aromatic rings. The summed E-state index contributed by atoms with van der Waals surface area (Å²) < 4.78 is 0. The SMILES string of the molecule is CC(=O)Nc1cccc(-c2nc(CCNC(=O)c3cccc(C)c3)cs2)c1. The van der Waals surface area contributed by atoms with Crippen molar-refractivity contribution >= 4 is 28.8 Å². The Morgan fingerprint density at radius 2 is 1.93 bits per heavy atom. The normalized spacial score (nSPS) is 10.4. The van der Waals surface area contributed by atoms with Gasteiger partial charge in [0, 0.05) is 42.1 Å². The Kier molecular flexibility index (Phi) is 5.98. The number of anilines is 1. The zero-order valence-electron chi connectivity index (χ0n) is 15.3. The van der Waals surface area contributed by atoms with Crippen molar-refractivity contribution in [1.29, 1.82) is 0 Å². The third kappa shape index (κ3) is 5.24. The van der Waals surface area contributed by atoms with Crippen molar-refractivity contribution < 1.29 is 9.59 Å². The van der Waals surface area contributed by atoms with E-state index in [1.54, 1.807) is 11.3 Å². The van der Waals surface area contributed by atoms with Crippen LogP contribution in [0.25, 0.3) is 10.6 Å². The molecule has 1 aromatic heterocycles. The summed E-state index contributed by atoms with van der Waals surface area (Å²) in [7, 11) is 0. The van der Waals surface area contributed by atoms with Gasteiger partial charge in [0.05, 0.1) is 5.69 Å². The minimum atomic E-state index is -0.101. The van der Waals surface area contributed by atoms with Gasteiger partial charge in [-0.15, -0.1) is 11.3 Å². The second-order valence-corrected chi connectivity index (χ2v) is 7.14. The third-order valence-corrected chi connectivity index (χ3v) is 4.87. The molecule has 0 radical (unpaired) electrons. The Hall–Kier alpha value is -2.99. The molecule has 0 unspecified atom stereocenters. The molecule has 2 aromatic carbocycles. The largest absolute Gasteiger partial charge is 0.352 e. The van der Waals surface area contributed by atoms with Gasteiger partial charge in [0.2, 0.25) is 5.91 Å². The summed E-state index contributed by atoms with van der Waals surface area (Å²) in [4.78, 5) is 28.0. The summed E-state index contributed by atoms with van der Waals surface area (Å²) in [5.41, 5.74) is 4.38. The van der Waals surface area contributed by atoms with Crippen LogP contribution in [0.15, 0.2) is 53.9 Å². The van der Waals surface area contributed by atoms with Crippen LogP contribution in [-0.4, -0.2) is 23.3 Å². The Balaban J connectivity index is 1.58. The lowest BCUT2D eigenvalue weighted by molar-refractivity contribution is -0.114. The van der Waals surface area contributed by atoms with Gasteiger partial charge < -0.3 is 10.6 Å². The van der Waals surface area contributed by atoms with Crippen LogP contribution in [0.4, 0.5) is 5.69 Å². The van der Waals surface area contributed by atoms with E-state index in [0.29, 0.717) is 18.5 Å². The van der Waals surface area contributed by atoms with Gasteiger partial charge in [0.15, 0.2) is 0 Å². The average Bonchev–Trinajstić information content (AvgIpc) is 3.10. The highest BCUT2D eigenvalue weighted by atomic mass is 32.1. The van der Waals surface area contributed by atoms with E-state index in [-0.39, 0.29) is 11.8 Å². The van der Waals surface area contributed by atoms with Gasteiger partial charge in [0.25, 0.3) is 5.91 Å². The first-order valence-electron chi connectivity index (χ1n) is 8.68. The van der Waals surface area contributed by atoms with E-state index in [9.17, 15) is 9.59 Å². The fourth-order valence-electron chi connectivity index (χ4n) is 2.68. The first-order chi connectivity index (χ1) is 13.0. The molecular formula is C21H21N3O2S. The summed E-state index contributed by atoms with van der Waals surface area (Å²) in [6.07, 6.45) is 0.666. The van der Waals surface area contributed by atoms with Gasteiger partial charge >= 0.3 is 0 Å². The van der Waals surface area contributed by atoms with Crippen LogP contribution in [0.1, 0.15) is 28.5 Å².